The van der Waals surface area contributed by atoms with Crippen LogP contribution in [0.5, 0.6) is 0 Å². The molecule has 2 aromatic carbocycles. The molecular formula is C21H20ClN3O3. The minimum absolute atomic E-state index is 0.0482. The minimum atomic E-state index is -1.15. The lowest BCUT2D eigenvalue weighted by Crippen LogP contribution is -2.52. The lowest BCUT2D eigenvalue weighted by molar-refractivity contribution is -0.130. The summed E-state index contributed by atoms with van der Waals surface area (Å²) in [5.41, 5.74) is 2.12. The number of carbonyl (C=O) groups excluding carboxylic acids is 1. The maximum absolute atomic E-state index is 13.4. The average Bonchev–Trinajstić information content (AvgIpc) is 2.73. The number of hydrogen-bond acceptors (Lipinski definition) is 3. The molecule has 2 aliphatic heterocycles. The fourth-order valence-corrected chi connectivity index (χ4v) is 4.17. The van der Waals surface area contributed by atoms with Gasteiger partial charge < -0.3 is 15.3 Å². The fourth-order valence-electron chi connectivity index (χ4n) is 3.82. The number of rotatable bonds is 2. The predicted octanol–water partition coefficient (Wildman–Crippen LogP) is 3.11. The SMILES string of the molecule is O=C(O)C1=C(Cl)N(C(=O)N2CCNCC2)C(c2ccccc2)c2ccccc21. The van der Waals surface area contributed by atoms with Crippen LogP contribution < -0.4 is 5.32 Å². The molecule has 2 amide bonds. The van der Waals surface area contributed by atoms with Gasteiger partial charge in [0.2, 0.25) is 0 Å². The number of nitrogens with zero attached hydrogens (tertiary/aromatic N) is 2. The molecule has 1 saturated heterocycles. The molecule has 6 nitrogen and oxygen atoms in total. The molecule has 2 aromatic rings. The first-order valence-electron chi connectivity index (χ1n) is 9.15. The molecule has 2 heterocycles. The highest BCUT2D eigenvalue weighted by Crippen LogP contribution is 2.44. The maximum atomic E-state index is 13.4. The number of halogens is 1. The molecule has 0 aliphatic carbocycles. The van der Waals surface area contributed by atoms with Crippen LogP contribution in [-0.4, -0.2) is 53.1 Å². The van der Waals surface area contributed by atoms with Gasteiger partial charge in [-0.2, -0.15) is 0 Å². The van der Waals surface area contributed by atoms with Gasteiger partial charge >= 0.3 is 12.0 Å². The van der Waals surface area contributed by atoms with Crippen LogP contribution in [0.1, 0.15) is 22.7 Å². The van der Waals surface area contributed by atoms with Crippen molar-refractivity contribution in [1.29, 1.82) is 0 Å². The molecule has 1 fully saturated rings. The molecule has 0 aromatic heterocycles. The van der Waals surface area contributed by atoms with Crippen molar-refractivity contribution in [1.82, 2.24) is 15.1 Å². The van der Waals surface area contributed by atoms with Gasteiger partial charge in [-0.15, -0.1) is 0 Å². The fraction of sp³-hybridized carbons (Fsp3) is 0.238. The first-order chi connectivity index (χ1) is 13.6. The molecule has 0 spiro atoms. The van der Waals surface area contributed by atoms with Crippen molar-refractivity contribution >= 4 is 29.2 Å². The molecule has 2 aliphatic rings. The Kier molecular flexibility index (Phi) is 5.07. The van der Waals surface area contributed by atoms with Gasteiger partial charge in [0.1, 0.15) is 10.7 Å². The number of piperazine rings is 1. The lowest BCUT2D eigenvalue weighted by atomic mass is 9.87. The normalized spacial score (nSPS) is 19.4. The summed E-state index contributed by atoms with van der Waals surface area (Å²) in [5.74, 6) is -1.15. The number of urea groups is 1. The zero-order valence-electron chi connectivity index (χ0n) is 15.1. The Morgan fingerprint density at radius 2 is 1.64 bits per heavy atom. The molecule has 0 radical (unpaired) electrons. The van der Waals surface area contributed by atoms with Gasteiger partial charge in [-0.05, 0) is 16.7 Å². The van der Waals surface area contributed by atoms with Gasteiger partial charge in [0.25, 0.3) is 0 Å². The molecule has 4 rings (SSSR count). The highest BCUT2D eigenvalue weighted by Gasteiger charge is 2.40. The summed E-state index contributed by atoms with van der Waals surface area (Å²) >= 11 is 6.59. The highest BCUT2D eigenvalue weighted by molar-refractivity contribution is 6.39. The molecule has 1 unspecified atom stereocenters. The monoisotopic (exact) mass is 397 g/mol. The smallest absolute Gasteiger partial charge is 0.339 e. The average molecular weight is 398 g/mol. The Morgan fingerprint density at radius 3 is 2.32 bits per heavy atom. The number of carboxylic acids is 1. The second-order valence-corrected chi connectivity index (χ2v) is 7.12. The van der Waals surface area contributed by atoms with Gasteiger partial charge in [0, 0.05) is 26.2 Å². The van der Waals surface area contributed by atoms with E-state index in [1.807, 2.05) is 42.5 Å². The van der Waals surface area contributed by atoms with Crippen molar-refractivity contribution in [3.05, 3.63) is 76.4 Å². The molecule has 2 N–H and O–H groups in total. The number of aliphatic carboxylic acids is 1. The second-order valence-electron chi connectivity index (χ2n) is 6.76. The van der Waals surface area contributed by atoms with Crippen LogP contribution in [0.2, 0.25) is 0 Å². The Morgan fingerprint density at radius 1 is 1.00 bits per heavy atom. The summed E-state index contributed by atoms with van der Waals surface area (Å²) in [6.45, 7) is 2.48. The third-order valence-corrected chi connectivity index (χ3v) is 5.49. The summed E-state index contributed by atoms with van der Waals surface area (Å²) in [6, 6.07) is 16.0. The van der Waals surface area contributed by atoms with E-state index in [1.165, 1.54) is 4.90 Å². The number of carbonyl (C=O) groups is 2. The van der Waals surface area contributed by atoms with Crippen LogP contribution >= 0.6 is 11.6 Å². The van der Waals surface area contributed by atoms with E-state index in [4.69, 9.17) is 11.6 Å². The molecule has 0 saturated carbocycles. The standard InChI is InChI=1S/C21H20ClN3O3/c22-19-17(20(26)27)15-8-4-5-9-16(15)18(14-6-2-1-3-7-14)25(19)21(28)24-12-10-23-11-13-24/h1-9,18,23H,10-13H2,(H,26,27). The number of benzene rings is 2. The summed E-state index contributed by atoms with van der Waals surface area (Å²) in [6.07, 6.45) is 0. The van der Waals surface area contributed by atoms with Crippen LogP contribution in [0.3, 0.4) is 0 Å². The van der Waals surface area contributed by atoms with Gasteiger partial charge in [-0.1, -0.05) is 66.2 Å². The number of fused-ring (bicyclic) bond motifs is 1. The number of amides is 2. The van der Waals surface area contributed by atoms with Crippen LogP contribution in [0.25, 0.3) is 5.57 Å². The van der Waals surface area contributed by atoms with Crippen molar-refractivity contribution in [2.75, 3.05) is 26.2 Å². The van der Waals surface area contributed by atoms with E-state index in [9.17, 15) is 14.7 Å². The lowest BCUT2D eigenvalue weighted by Gasteiger charge is -2.41. The number of carboxylic acid groups (broad SMARTS) is 1. The van der Waals surface area contributed by atoms with Crippen LogP contribution in [-0.2, 0) is 4.79 Å². The largest absolute Gasteiger partial charge is 0.478 e. The summed E-state index contributed by atoms with van der Waals surface area (Å²) in [7, 11) is 0. The van der Waals surface area contributed by atoms with Gasteiger partial charge in [0.05, 0.1) is 6.04 Å². The van der Waals surface area contributed by atoms with E-state index in [1.54, 1.807) is 17.0 Å². The van der Waals surface area contributed by atoms with Crippen LogP contribution in [0, 0.1) is 0 Å². The maximum Gasteiger partial charge on any atom is 0.339 e. The summed E-state index contributed by atoms with van der Waals surface area (Å²) in [5, 5.41) is 13.0. The highest BCUT2D eigenvalue weighted by atomic mass is 35.5. The van der Waals surface area contributed by atoms with E-state index >= 15 is 0 Å². The first kappa shape index (κ1) is 18.5. The Hall–Kier alpha value is -2.83. The quantitative estimate of drug-likeness (QED) is 0.764. The molecular weight excluding hydrogens is 378 g/mol. The van der Waals surface area contributed by atoms with Crippen molar-refractivity contribution in [3.8, 4) is 0 Å². The Labute approximate surface area is 168 Å². The van der Waals surface area contributed by atoms with Crippen LogP contribution in [0.4, 0.5) is 4.79 Å². The van der Waals surface area contributed by atoms with E-state index in [0.29, 0.717) is 31.7 Å². The van der Waals surface area contributed by atoms with Crippen molar-refractivity contribution in [2.24, 2.45) is 0 Å². The first-order valence-corrected chi connectivity index (χ1v) is 9.53. The zero-order chi connectivity index (χ0) is 19.7. The third-order valence-electron chi connectivity index (χ3n) is 5.12. The second kappa shape index (κ2) is 7.66. The summed E-state index contributed by atoms with van der Waals surface area (Å²) in [4.78, 5) is 28.6. The summed E-state index contributed by atoms with van der Waals surface area (Å²) < 4.78 is 0. The number of hydrogen-bond donors (Lipinski definition) is 2. The Balaban J connectivity index is 1.90. The van der Waals surface area contributed by atoms with E-state index in [2.05, 4.69) is 5.32 Å². The number of nitrogens with one attached hydrogen (secondary N) is 1. The predicted molar refractivity (Wildman–Crippen MR) is 107 cm³/mol. The third kappa shape index (κ3) is 3.15. The van der Waals surface area contributed by atoms with E-state index < -0.39 is 12.0 Å². The molecule has 144 valence electrons. The Bertz CT molecular complexity index is 939. The van der Waals surface area contributed by atoms with E-state index in [-0.39, 0.29) is 16.8 Å². The van der Waals surface area contributed by atoms with Gasteiger partial charge in [-0.25, -0.2) is 9.59 Å². The zero-order valence-corrected chi connectivity index (χ0v) is 15.9. The van der Waals surface area contributed by atoms with Crippen molar-refractivity contribution < 1.29 is 14.7 Å². The minimum Gasteiger partial charge on any atom is -0.478 e. The van der Waals surface area contributed by atoms with Crippen molar-refractivity contribution in [3.63, 3.8) is 0 Å². The van der Waals surface area contributed by atoms with Crippen molar-refractivity contribution in [2.45, 2.75) is 6.04 Å². The molecule has 0 bridgehead atoms. The molecule has 28 heavy (non-hydrogen) atoms. The molecule has 7 heteroatoms. The van der Waals surface area contributed by atoms with Gasteiger partial charge in [0.15, 0.2) is 0 Å². The van der Waals surface area contributed by atoms with Crippen LogP contribution in [0.15, 0.2) is 59.8 Å². The van der Waals surface area contributed by atoms with E-state index in [0.717, 1.165) is 11.1 Å². The topological polar surface area (TPSA) is 72.9 Å². The molecule has 1 atom stereocenters. The van der Waals surface area contributed by atoms with Gasteiger partial charge in [-0.3, -0.25) is 4.90 Å².